The Hall–Kier alpha value is -3.26. The standard InChI is InChI=1S/C19H16FN5OS/c1-11-3-8-17(27-11)16-9-18(24-23-16)22-19(26)15-10-21-25(12(15)2)14-6-4-13(20)5-7-14/h3-10H,1-2H3,(H2,22,23,24,26). The summed E-state index contributed by atoms with van der Waals surface area (Å²) in [5, 5.41) is 14.1. The molecule has 0 saturated carbocycles. The van der Waals surface area contributed by atoms with Crippen LogP contribution in [0.15, 0.2) is 48.7 Å². The summed E-state index contributed by atoms with van der Waals surface area (Å²) in [7, 11) is 0. The highest BCUT2D eigenvalue weighted by Gasteiger charge is 2.17. The van der Waals surface area contributed by atoms with Gasteiger partial charge in [-0.2, -0.15) is 10.2 Å². The van der Waals surface area contributed by atoms with Gasteiger partial charge in [0.1, 0.15) is 5.82 Å². The van der Waals surface area contributed by atoms with Crippen LogP contribution in [0.1, 0.15) is 20.9 Å². The Kier molecular flexibility index (Phi) is 4.33. The Balaban J connectivity index is 1.54. The molecular formula is C19H16FN5OS. The maximum Gasteiger partial charge on any atom is 0.260 e. The van der Waals surface area contributed by atoms with Crippen molar-refractivity contribution >= 4 is 23.1 Å². The number of amides is 1. The van der Waals surface area contributed by atoms with Crippen LogP contribution in [0.4, 0.5) is 10.2 Å². The molecule has 0 aliphatic rings. The molecule has 0 aliphatic heterocycles. The minimum Gasteiger partial charge on any atom is -0.305 e. The molecule has 136 valence electrons. The lowest BCUT2D eigenvalue weighted by atomic mass is 10.2. The number of nitrogens with zero attached hydrogens (tertiary/aromatic N) is 3. The summed E-state index contributed by atoms with van der Waals surface area (Å²) < 4.78 is 14.7. The maximum absolute atomic E-state index is 13.1. The molecule has 0 radical (unpaired) electrons. The van der Waals surface area contributed by atoms with Crippen molar-refractivity contribution in [3.8, 4) is 16.3 Å². The van der Waals surface area contributed by atoms with E-state index in [1.807, 2.05) is 19.1 Å². The summed E-state index contributed by atoms with van der Waals surface area (Å²) in [4.78, 5) is 14.9. The van der Waals surface area contributed by atoms with Crippen LogP contribution in [0.25, 0.3) is 16.3 Å². The van der Waals surface area contributed by atoms with Crippen LogP contribution in [0.2, 0.25) is 0 Å². The van der Waals surface area contributed by atoms with Crippen LogP contribution in [-0.4, -0.2) is 25.9 Å². The van der Waals surface area contributed by atoms with E-state index in [0.717, 1.165) is 10.6 Å². The van der Waals surface area contributed by atoms with Crippen LogP contribution < -0.4 is 5.32 Å². The number of benzene rings is 1. The van der Waals surface area contributed by atoms with Crippen LogP contribution in [0.3, 0.4) is 0 Å². The lowest BCUT2D eigenvalue weighted by Gasteiger charge is -2.05. The molecule has 3 aromatic heterocycles. The topological polar surface area (TPSA) is 75.6 Å². The van der Waals surface area contributed by atoms with Gasteiger partial charge in [-0.3, -0.25) is 9.89 Å². The van der Waals surface area contributed by atoms with Crippen molar-refractivity contribution in [1.82, 2.24) is 20.0 Å². The quantitative estimate of drug-likeness (QED) is 0.552. The number of H-pyrrole nitrogens is 1. The molecule has 3 heterocycles. The lowest BCUT2D eigenvalue weighted by molar-refractivity contribution is 0.102. The van der Waals surface area contributed by atoms with Gasteiger partial charge in [-0.25, -0.2) is 9.07 Å². The summed E-state index contributed by atoms with van der Waals surface area (Å²) in [5.74, 6) is -0.187. The molecule has 27 heavy (non-hydrogen) atoms. The number of hydrogen-bond acceptors (Lipinski definition) is 4. The Morgan fingerprint density at radius 3 is 2.67 bits per heavy atom. The fourth-order valence-electron chi connectivity index (χ4n) is 2.75. The van der Waals surface area contributed by atoms with Gasteiger partial charge in [-0.1, -0.05) is 0 Å². The zero-order valence-corrected chi connectivity index (χ0v) is 15.5. The molecule has 0 fully saturated rings. The zero-order chi connectivity index (χ0) is 19.0. The minimum absolute atomic E-state index is 0.304. The second-order valence-electron chi connectivity index (χ2n) is 6.06. The first kappa shape index (κ1) is 17.2. The number of carbonyl (C=O) groups excluding carboxylic acids is 1. The van der Waals surface area contributed by atoms with Gasteiger partial charge in [0.25, 0.3) is 5.91 Å². The fourth-order valence-corrected chi connectivity index (χ4v) is 3.58. The molecule has 2 N–H and O–H groups in total. The number of carbonyl (C=O) groups is 1. The molecular weight excluding hydrogens is 365 g/mol. The van der Waals surface area contributed by atoms with E-state index in [1.165, 1.54) is 23.2 Å². The zero-order valence-electron chi connectivity index (χ0n) is 14.7. The summed E-state index contributed by atoms with van der Waals surface area (Å²) in [6.07, 6.45) is 1.49. The van der Waals surface area contributed by atoms with Gasteiger partial charge in [0.2, 0.25) is 0 Å². The monoisotopic (exact) mass is 381 g/mol. The SMILES string of the molecule is Cc1ccc(-c2cc(NC(=O)c3cnn(-c4ccc(F)cc4)c3C)n[nH]2)s1. The molecule has 0 spiro atoms. The van der Waals surface area contributed by atoms with Gasteiger partial charge in [0.15, 0.2) is 5.82 Å². The molecule has 0 atom stereocenters. The molecule has 4 aromatic rings. The molecule has 0 unspecified atom stereocenters. The number of rotatable bonds is 4. The van der Waals surface area contributed by atoms with E-state index in [4.69, 9.17) is 0 Å². The van der Waals surface area contributed by atoms with Crippen LogP contribution in [0.5, 0.6) is 0 Å². The highest BCUT2D eigenvalue weighted by Crippen LogP contribution is 2.27. The minimum atomic E-state index is -0.322. The fraction of sp³-hybridized carbons (Fsp3) is 0.105. The van der Waals surface area contributed by atoms with Crippen molar-refractivity contribution in [2.24, 2.45) is 0 Å². The summed E-state index contributed by atoms with van der Waals surface area (Å²) in [5.41, 5.74) is 2.62. The first-order valence-corrected chi connectivity index (χ1v) is 9.07. The van der Waals surface area contributed by atoms with Crippen molar-refractivity contribution in [2.75, 3.05) is 5.32 Å². The van der Waals surface area contributed by atoms with Crippen molar-refractivity contribution in [2.45, 2.75) is 13.8 Å². The molecule has 1 aromatic carbocycles. The molecule has 0 aliphatic carbocycles. The number of anilines is 1. The second kappa shape index (κ2) is 6.81. The Morgan fingerprint density at radius 2 is 1.96 bits per heavy atom. The summed E-state index contributed by atoms with van der Waals surface area (Å²) in [6.45, 7) is 3.82. The van der Waals surface area contributed by atoms with E-state index >= 15 is 0 Å². The predicted molar refractivity (Wildman–Crippen MR) is 103 cm³/mol. The average Bonchev–Trinajstić information content (AvgIpc) is 3.36. The van der Waals surface area contributed by atoms with Gasteiger partial charge in [-0.05, 0) is 50.2 Å². The van der Waals surface area contributed by atoms with E-state index in [1.54, 1.807) is 41.1 Å². The van der Waals surface area contributed by atoms with Crippen LogP contribution >= 0.6 is 11.3 Å². The largest absolute Gasteiger partial charge is 0.305 e. The number of aryl methyl sites for hydroxylation is 1. The molecule has 0 saturated heterocycles. The normalized spacial score (nSPS) is 10.9. The number of halogens is 1. The van der Waals surface area contributed by atoms with E-state index in [9.17, 15) is 9.18 Å². The number of hydrogen-bond donors (Lipinski definition) is 2. The van der Waals surface area contributed by atoms with E-state index in [2.05, 4.69) is 20.6 Å². The van der Waals surface area contributed by atoms with Crippen LogP contribution in [0, 0.1) is 19.7 Å². The molecule has 0 bridgehead atoms. The van der Waals surface area contributed by atoms with Crippen molar-refractivity contribution in [3.63, 3.8) is 0 Å². The lowest BCUT2D eigenvalue weighted by Crippen LogP contribution is -2.13. The Bertz CT molecular complexity index is 1110. The summed E-state index contributed by atoms with van der Waals surface area (Å²) in [6, 6.07) is 11.8. The molecule has 1 amide bonds. The van der Waals surface area contributed by atoms with Crippen molar-refractivity contribution < 1.29 is 9.18 Å². The van der Waals surface area contributed by atoms with Gasteiger partial charge in [0.05, 0.1) is 33.7 Å². The third-order valence-electron chi connectivity index (χ3n) is 4.15. The van der Waals surface area contributed by atoms with Gasteiger partial charge in [0, 0.05) is 10.9 Å². The highest BCUT2D eigenvalue weighted by atomic mass is 32.1. The number of aromatic nitrogens is 4. The highest BCUT2D eigenvalue weighted by molar-refractivity contribution is 7.15. The molecule has 8 heteroatoms. The molecule has 4 rings (SSSR count). The van der Waals surface area contributed by atoms with Crippen molar-refractivity contribution in [1.29, 1.82) is 0 Å². The summed E-state index contributed by atoms with van der Waals surface area (Å²) >= 11 is 1.65. The average molecular weight is 381 g/mol. The Morgan fingerprint density at radius 1 is 1.19 bits per heavy atom. The maximum atomic E-state index is 13.1. The van der Waals surface area contributed by atoms with Gasteiger partial charge in [-0.15, -0.1) is 11.3 Å². The van der Waals surface area contributed by atoms with E-state index in [-0.39, 0.29) is 11.7 Å². The Labute approximate surface area is 158 Å². The third-order valence-corrected chi connectivity index (χ3v) is 5.18. The van der Waals surface area contributed by atoms with E-state index in [0.29, 0.717) is 22.8 Å². The smallest absolute Gasteiger partial charge is 0.260 e. The van der Waals surface area contributed by atoms with Gasteiger partial charge < -0.3 is 5.32 Å². The third kappa shape index (κ3) is 3.39. The second-order valence-corrected chi connectivity index (χ2v) is 7.35. The number of nitrogens with one attached hydrogen (secondary N) is 2. The van der Waals surface area contributed by atoms with Gasteiger partial charge >= 0.3 is 0 Å². The van der Waals surface area contributed by atoms with Crippen molar-refractivity contribution in [3.05, 3.63) is 70.6 Å². The number of aromatic amines is 1. The predicted octanol–water partition coefficient (Wildman–Crippen LogP) is 4.33. The molecule has 6 nitrogen and oxygen atoms in total. The first-order chi connectivity index (χ1) is 13.0. The van der Waals surface area contributed by atoms with E-state index < -0.39 is 0 Å². The first-order valence-electron chi connectivity index (χ1n) is 8.25. The number of thiophene rings is 1. The van der Waals surface area contributed by atoms with Crippen LogP contribution in [-0.2, 0) is 0 Å².